The molecule has 3 aromatic rings. The summed E-state index contributed by atoms with van der Waals surface area (Å²) in [5.41, 5.74) is -0.827. The van der Waals surface area contributed by atoms with Gasteiger partial charge in [-0.25, -0.2) is 23.4 Å². The number of aromatic nitrogens is 1. The van der Waals surface area contributed by atoms with E-state index in [-0.39, 0.29) is 17.2 Å². The Labute approximate surface area is 288 Å². The van der Waals surface area contributed by atoms with E-state index in [9.17, 15) is 19.1 Å². The smallest absolute Gasteiger partial charge is 0.341 e. The summed E-state index contributed by atoms with van der Waals surface area (Å²) < 4.78 is 50.2. The lowest BCUT2D eigenvalue weighted by atomic mass is 9.58. The van der Waals surface area contributed by atoms with Crippen LogP contribution in [-0.4, -0.2) is 83.8 Å². The molecule has 9 rings (SSSR count). The lowest BCUT2D eigenvalue weighted by molar-refractivity contribution is -0.577. The van der Waals surface area contributed by atoms with E-state index in [1.54, 1.807) is 6.07 Å². The maximum absolute atomic E-state index is 15.6. The van der Waals surface area contributed by atoms with Crippen molar-refractivity contribution >= 4 is 22.6 Å². The molecule has 6 heterocycles. The third kappa shape index (κ3) is 5.53. The Balaban J connectivity index is 0.941. The maximum atomic E-state index is 15.6. The summed E-state index contributed by atoms with van der Waals surface area (Å²) in [6, 6.07) is 8.12. The molecule has 5 saturated heterocycles. The number of nitrogens with zero attached hydrogens (tertiary/aromatic N) is 3. The Hall–Kier alpha value is -3.46. The molecule has 1 saturated carbocycles. The third-order valence-corrected chi connectivity index (χ3v) is 11.9. The van der Waals surface area contributed by atoms with E-state index < -0.39 is 52.6 Å². The van der Waals surface area contributed by atoms with Gasteiger partial charge in [0.2, 0.25) is 11.2 Å². The van der Waals surface area contributed by atoms with Crippen molar-refractivity contribution in [3.8, 4) is 5.69 Å². The molecule has 11 nitrogen and oxygen atoms in total. The molecule has 0 radical (unpaired) electrons. The van der Waals surface area contributed by atoms with Gasteiger partial charge in [-0.05, 0) is 74.4 Å². The normalized spacial score (nSPS) is 34.1. The van der Waals surface area contributed by atoms with Gasteiger partial charge >= 0.3 is 5.97 Å². The number of carboxylic acid groups (broad SMARTS) is 1. The van der Waals surface area contributed by atoms with Crippen LogP contribution in [0.5, 0.6) is 0 Å². The number of pyridine rings is 1. The quantitative estimate of drug-likeness (QED) is 0.327. The van der Waals surface area contributed by atoms with Gasteiger partial charge in [-0.3, -0.25) is 9.69 Å². The summed E-state index contributed by atoms with van der Waals surface area (Å²) in [5, 5.41) is 9.60. The standard InChI is InChI=1S/C37H43F2N3O8/c1-21-4-9-28-22(2)34(47-35-37(28)27(21)10-11-36(3,48-35)49-50-37)46-17-16-40-12-14-41(15-13-40)31-19-30-25(18-29(31)39)32(43)26(33(44)45)20-42(30)24-7-5-23(38)6-8-24/h5-8,18-22,27-28,34-35H,4,9-17H2,1-3H3,(H,44,45)/t21-,22-,27+,28+,34+,35-,36-,37-/m1/s1. The van der Waals surface area contributed by atoms with Crippen molar-refractivity contribution in [3.63, 3.8) is 0 Å². The van der Waals surface area contributed by atoms with Crippen molar-refractivity contribution in [3.05, 3.63) is 70.0 Å². The maximum Gasteiger partial charge on any atom is 0.341 e. The van der Waals surface area contributed by atoms with Crippen LogP contribution in [0, 0.1) is 35.3 Å². The minimum atomic E-state index is -1.43. The highest BCUT2D eigenvalue weighted by molar-refractivity contribution is 5.94. The van der Waals surface area contributed by atoms with Crippen LogP contribution in [0.15, 0.2) is 47.4 Å². The zero-order valence-corrected chi connectivity index (χ0v) is 28.5. The van der Waals surface area contributed by atoms with Crippen LogP contribution in [0.3, 0.4) is 0 Å². The fraction of sp³-hybridized carbons (Fsp3) is 0.568. The van der Waals surface area contributed by atoms with Gasteiger partial charge in [-0.15, -0.1) is 0 Å². The molecule has 0 amide bonds. The third-order valence-electron chi connectivity index (χ3n) is 11.9. The Kier molecular flexibility index (Phi) is 8.51. The van der Waals surface area contributed by atoms with Gasteiger partial charge in [0.1, 0.15) is 17.2 Å². The van der Waals surface area contributed by atoms with Gasteiger partial charge in [0.15, 0.2) is 18.2 Å². The average Bonchev–Trinajstić information content (AvgIpc) is 3.33. The van der Waals surface area contributed by atoms with Crippen molar-refractivity contribution in [2.45, 2.75) is 70.4 Å². The van der Waals surface area contributed by atoms with E-state index >= 15 is 4.39 Å². The second kappa shape index (κ2) is 12.6. The lowest BCUT2D eigenvalue weighted by Crippen LogP contribution is -2.70. The molecule has 2 aromatic carbocycles. The second-order valence-corrected chi connectivity index (χ2v) is 14.8. The molecule has 2 bridgehead atoms. The fourth-order valence-corrected chi connectivity index (χ4v) is 9.12. The predicted octanol–water partition coefficient (Wildman–Crippen LogP) is 5.31. The molecule has 0 unspecified atom stereocenters. The number of benzene rings is 2. The van der Waals surface area contributed by atoms with Crippen molar-refractivity contribution < 1.29 is 42.7 Å². The molecule has 1 aromatic heterocycles. The van der Waals surface area contributed by atoms with Crippen molar-refractivity contribution in [1.82, 2.24) is 9.47 Å². The molecule has 13 heteroatoms. The highest BCUT2D eigenvalue weighted by Crippen LogP contribution is 2.60. The first-order valence-electron chi connectivity index (χ1n) is 17.6. The molecule has 1 N–H and O–H groups in total. The van der Waals surface area contributed by atoms with Crippen LogP contribution >= 0.6 is 0 Å². The number of carboxylic acids is 1. The Morgan fingerprint density at radius 1 is 1.02 bits per heavy atom. The molecule has 1 aliphatic carbocycles. The SMILES string of the molecule is C[C@H]1[C@@H](OCCN2CCN(c3cc4c(cc3F)c(=O)c(C(=O)O)cn4-c3ccc(F)cc3)CC2)O[C@@H]2O[C@@]3(C)CC[C@H]4[C@H](C)CC[C@@H]1[C@@]24OO3. The minimum Gasteiger partial charge on any atom is -0.477 e. The molecule has 6 aliphatic rings. The van der Waals surface area contributed by atoms with Crippen LogP contribution in [0.4, 0.5) is 14.5 Å². The fourth-order valence-electron chi connectivity index (χ4n) is 9.12. The monoisotopic (exact) mass is 695 g/mol. The van der Waals surface area contributed by atoms with Crippen LogP contribution in [0.25, 0.3) is 16.6 Å². The number of ether oxygens (including phenoxy) is 3. The van der Waals surface area contributed by atoms with Gasteiger partial charge in [0.25, 0.3) is 0 Å². The number of fused-ring (bicyclic) bond motifs is 3. The van der Waals surface area contributed by atoms with E-state index in [1.807, 2.05) is 11.8 Å². The van der Waals surface area contributed by atoms with Crippen LogP contribution in [0.1, 0.15) is 56.8 Å². The van der Waals surface area contributed by atoms with E-state index in [0.29, 0.717) is 68.1 Å². The zero-order chi connectivity index (χ0) is 34.9. The Morgan fingerprint density at radius 3 is 2.52 bits per heavy atom. The predicted molar refractivity (Wildman–Crippen MR) is 178 cm³/mol. The Bertz CT molecular complexity index is 1850. The van der Waals surface area contributed by atoms with Gasteiger partial charge in [-0.1, -0.05) is 13.8 Å². The van der Waals surface area contributed by atoms with Crippen molar-refractivity contribution in [2.75, 3.05) is 44.2 Å². The van der Waals surface area contributed by atoms with Crippen molar-refractivity contribution in [2.24, 2.45) is 23.7 Å². The highest BCUT2D eigenvalue weighted by atomic mass is 19.1. The molecule has 1 spiro atoms. The minimum absolute atomic E-state index is 0.0649. The van der Waals surface area contributed by atoms with E-state index in [0.717, 1.165) is 31.7 Å². The number of rotatable bonds is 7. The summed E-state index contributed by atoms with van der Waals surface area (Å²) in [6.07, 6.45) is 4.05. The topological polar surface area (TPSA) is 112 Å². The van der Waals surface area contributed by atoms with Gasteiger partial charge in [0, 0.05) is 68.3 Å². The van der Waals surface area contributed by atoms with E-state index in [1.165, 1.54) is 35.0 Å². The van der Waals surface area contributed by atoms with Gasteiger partial charge in [-0.2, -0.15) is 0 Å². The molecule has 50 heavy (non-hydrogen) atoms. The first-order chi connectivity index (χ1) is 24.0. The number of anilines is 1. The second-order valence-electron chi connectivity index (χ2n) is 14.8. The van der Waals surface area contributed by atoms with Crippen LogP contribution < -0.4 is 10.3 Å². The summed E-state index contributed by atoms with van der Waals surface area (Å²) in [4.78, 5) is 41.2. The summed E-state index contributed by atoms with van der Waals surface area (Å²) in [6.45, 7) is 9.88. The summed E-state index contributed by atoms with van der Waals surface area (Å²) in [5.74, 6) is -2.29. The molecule has 6 fully saturated rings. The van der Waals surface area contributed by atoms with Crippen LogP contribution in [-0.2, 0) is 24.0 Å². The van der Waals surface area contributed by atoms with E-state index in [4.69, 9.17) is 24.0 Å². The molecule has 8 atom stereocenters. The molecule has 268 valence electrons. The van der Waals surface area contributed by atoms with Gasteiger partial charge in [0.05, 0.1) is 17.8 Å². The Morgan fingerprint density at radius 2 is 1.78 bits per heavy atom. The summed E-state index contributed by atoms with van der Waals surface area (Å²) >= 11 is 0. The number of aromatic carboxylic acids is 1. The average molecular weight is 696 g/mol. The molecular weight excluding hydrogens is 652 g/mol. The lowest BCUT2D eigenvalue weighted by Gasteiger charge is -2.60. The van der Waals surface area contributed by atoms with Gasteiger partial charge < -0.3 is 28.8 Å². The van der Waals surface area contributed by atoms with E-state index in [2.05, 4.69) is 18.7 Å². The van der Waals surface area contributed by atoms with Crippen LogP contribution in [0.2, 0.25) is 0 Å². The number of hydrogen-bond donors (Lipinski definition) is 1. The highest BCUT2D eigenvalue weighted by Gasteiger charge is 2.69. The first kappa shape index (κ1) is 33.7. The largest absolute Gasteiger partial charge is 0.477 e. The number of hydrogen-bond acceptors (Lipinski definition) is 9. The van der Waals surface area contributed by atoms with Crippen molar-refractivity contribution in [1.29, 1.82) is 0 Å². The summed E-state index contributed by atoms with van der Waals surface area (Å²) in [7, 11) is 0. The number of carbonyl (C=O) groups is 1. The number of halogens is 2. The first-order valence-corrected chi connectivity index (χ1v) is 17.6. The number of piperazine rings is 1. The molecular formula is C37H43F2N3O8. The zero-order valence-electron chi connectivity index (χ0n) is 28.5. The molecule has 5 aliphatic heterocycles.